The molecule has 0 saturated heterocycles. The van der Waals surface area contributed by atoms with Crippen molar-refractivity contribution in [2.24, 2.45) is 7.05 Å². The number of hydrogen-bond donors (Lipinski definition) is 1. The highest BCUT2D eigenvalue weighted by atomic mass is 35.5. The van der Waals surface area contributed by atoms with Crippen LogP contribution in [0.4, 0.5) is 0 Å². The summed E-state index contributed by atoms with van der Waals surface area (Å²) < 4.78 is 2.00. The average Bonchev–Trinajstić information content (AvgIpc) is 2.67. The predicted molar refractivity (Wildman–Crippen MR) is 65.6 cm³/mol. The van der Waals surface area contributed by atoms with Crippen LogP contribution in [0.2, 0.25) is 5.02 Å². The van der Waals surface area contributed by atoms with Crippen molar-refractivity contribution in [2.45, 2.75) is 6.04 Å². The molecule has 16 heavy (non-hydrogen) atoms. The van der Waals surface area contributed by atoms with E-state index in [2.05, 4.69) is 10.3 Å². The summed E-state index contributed by atoms with van der Waals surface area (Å²) in [5.41, 5.74) is 1.12. The highest BCUT2D eigenvalue weighted by molar-refractivity contribution is 6.30. The fourth-order valence-electron chi connectivity index (χ4n) is 1.79. The minimum atomic E-state index is 0.0682. The molecule has 3 nitrogen and oxygen atoms in total. The number of aryl methyl sites for hydroxylation is 1. The number of imidazole rings is 1. The maximum Gasteiger partial charge on any atom is 0.130 e. The molecular weight excluding hydrogens is 222 g/mol. The van der Waals surface area contributed by atoms with Crippen molar-refractivity contribution in [1.82, 2.24) is 14.9 Å². The smallest absolute Gasteiger partial charge is 0.130 e. The zero-order valence-corrected chi connectivity index (χ0v) is 10.1. The van der Waals surface area contributed by atoms with Crippen molar-refractivity contribution in [3.8, 4) is 0 Å². The molecule has 0 aliphatic heterocycles. The third-order valence-electron chi connectivity index (χ3n) is 2.59. The fourth-order valence-corrected chi connectivity index (χ4v) is 1.99. The molecule has 0 bridgehead atoms. The summed E-state index contributed by atoms with van der Waals surface area (Å²) in [4.78, 5) is 4.35. The normalized spacial score (nSPS) is 12.7. The molecule has 2 aromatic rings. The van der Waals surface area contributed by atoms with Gasteiger partial charge >= 0.3 is 0 Å². The monoisotopic (exact) mass is 235 g/mol. The van der Waals surface area contributed by atoms with E-state index < -0.39 is 0 Å². The van der Waals surface area contributed by atoms with E-state index in [0.717, 1.165) is 16.4 Å². The van der Waals surface area contributed by atoms with Gasteiger partial charge in [0.2, 0.25) is 0 Å². The van der Waals surface area contributed by atoms with Gasteiger partial charge in [0, 0.05) is 24.5 Å². The van der Waals surface area contributed by atoms with E-state index in [0.29, 0.717) is 0 Å². The first-order valence-electron chi connectivity index (χ1n) is 5.12. The molecule has 0 fully saturated rings. The Morgan fingerprint density at radius 3 is 2.81 bits per heavy atom. The van der Waals surface area contributed by atoms with E-state index in [-0.39, 0.29) is 6.04 Å². The highest BCUT2D eigenvalue weighted by Gasteiger charge is 2.15. The van der Waals surface area contributed by atoms with Crippen molar-refractivity contribution in [2.75, 3.05) is 7.05 Å². The zero-order chi connectivity index (χ0) is 11.5. The van der Waals surface area contributed by atoms with E-state index in [4.69, 9.17) is 11.6 Å². The number of halogens is 1. The summed E-state index contributed by atoms with van der Waals surface area (Å²) in [6.45, 7) is 0. The van der Waals surface area contributed by atoms with Gasteiger partial charge in [0.15, 0.2) is 0 Å². The molecule has 1 N–H and O–H groups in total. The summed E-state index contributed by atoms with van der Waals surface area (Å²) in [7, 11) is 3.90. The Morgan fingerprint density at radius 1 is 1.44 bits per heavy atom. The molecule has 1 aromatic heterocycles. The van der Waals surface area contributed by atoms with Crippen LogP contribution in [0.15, 0.2) is 36.7 Å². The predicted octanol–water partition coefficient (Wildman–Crippen LogP) is 2.38. The standard InChI is InChI=1S/C12H14ClN3/c1-14-11(12-15-6-7-16(12)2)9-4-3-5-10(13)8-9/h3-8,11,14H,1-2H3. The number of rotatable bonds is 3. The van der Waals surface area contributed by atoms with E-state index >= 15 is 0 Å². The summed E-state index contributed by atoms with van der Waals surface area (Å²) in [5.74, 6) is 0.977. The number of nitrogens with zero attached hydrogens (tertiary/aromatic N) is 2. The maximum atomic E-state index is 5.99. The molecule has 0 aliphatic carbocycles. The lowest BCUT2D eigenvalue weighted by Crippen LogP contribution is -2.21. The molecule has 0 amide bonds. The van der Waals surface area contributed by atoms with Crippen LogP contribution in [-0.2, 0) is 7.05 Å². The number of nitrogens with one attached hydrogen (secondary N) is 1. The van der Waals surface area contributed by atoms with E-state index in [9.17, 15) is 0 Å². The van der Waals surface area contributed by atoms with Crippen molar-refractivity contribution >= 4 is 11.6 Å². The molecule has 0 saturated carbocycles. The Morgan fingerprint density at radius 2 is 2.25 bits per heavy atom. The van der Waals surface area contributed by atoms with Crippen LogP contribution in [0, 0.1) is 0 Å². The van der Waals surface area contributed by atoms with E-state index in [1.54, 1.807) is 6.20 Å². The van der Waals surface area contributed by atoms with Gasteiger partial charge in [0.05, 0.1) is 6.04 Å². The molecule has 2 rings (SSSR count). The van der Waals surface area contributed by atoms with Crippen LogP contribution in [-0.4, -0.2) is 16.6 Å². The fraction of sp³-hybridized carbons (Fsp3) is 0.250. The zero-order valence-electron chi connectivity index (χ0n) is 9.31. The van der Waals surface area contributed by atoms with Crippen LogP contribution in [0.3, 0.4) is 0 Å². The van der Waals surface area contributed by atoms with Crippen molar-refractivity contribution in [1.29, 1.82) is 0 Å². The average molecular weight is 236 g/mol. The lowest BCUT2D eigenvalue weighted by Gasteiger charge is -2.16. The maximum absolute atomic E-state index is 5.99. The lowest BCUT2D eigenvalue weighted by molar-refractivity contribution is 0.617. The van der Waals surface area contributed by atoms with Gasteiger partial charge in [-0.15, -0.1) is 0 Å². The molecule has 0 aliphatic rings. The first kappa shape index (κ1) is 11.2. The van der Waals surface area contributed by atoms with Gasteiger partial charge in [-0.25, -0.2) is 4.98 Å². The molecule has 1 heterocycles. The molecule has 1 unspecified atom stereocenters. The second-order valence-electron chi connectivity index (χ2n) is 3.67. The minimum absolute atomic E-state index is 0.0682. The minimum Gasteiger partial charge on any atom is -0.336 e. The summed E-state index contributed by atoms with van der Waals surface area (Å²) >= 11 is 5.99. The number of aromatic nitrogens is 2. The van der Waals surface area contributed by atoms with Crippen molar-refractivity contribution in [3.63, 3.8) is 0 Å². The second-order valence-corrected chi connectivity index (χ2v) is 4.11. The Hall–Kier alpha value is -1.32. The summed E-state index contributed by atoms with van der Waals surface area (Å²) in [5, 5.41) is 3.99. The van der Waals surface area contributed by atoms with Crippen LogP contribution in [0.1, 0.15) is 17.4 Å². The number of benzene rings is 1. The highest BCUT2D eigenvalue weighted by Crippen LogP contribution is 2.22. The Kier molecular flexibility index (Phi) is 3.27. The van der Waals surface area contributed by atoms with Gasteiger partial charge in [-0.2, -0.15) is 0 Å². The third kappa shape index (κ3) is 2.10. The van der Waals surface area contributed by atoms with Gasteiger partial charge in [-0.3, -0.25) is 0 Å². The van der Waals surface area contributed by atoms with Gasteiger partial charge in [-0.1, -0.05) is 23.7 Å². The molecule has 1 aromatic carbocycles. The van der Waals surface area contributed by atoms with Crippen molar-refractivity contribution < 1.29 is 0 Å². The van der Waals surface area contributed by atoms with Crippen LogP contribution in [0.25, 0.3) is 0 Å². The first-order valence-corrected chi connectivity index (χ1v) is 5.50. The van der Waals surface area contributed by atoms with Crippen LogP contribution in [0.5, 0.6) is 0 Å². The lowest BCUT2D eigenvalue weighted by atomic mass is 10.1. The molecular formula is C12H14ClN3. The van der Waals surface area contributed by atoms with Crippen LogP contribution < -0.4 is 5.32 Å². The molecule has 0 radical (unpaired) electrons. The van der Waals surface area contributed by atoms with Gasteiger partial charge < -0.3 is 9.88 Å². The Bertz CT molecular complexity index is 479. The second kappa shape index (κ2) is 4.68. The Balaban J connectivity index is 2.40. The van der Waals surface area contributed by atoms with Gasteiger partial charge in [-0.05, 0) is 24.7 Å². The van der Waals surface area contributed by atoms with Gasteiger partial charge in [0.25, 0.3) is 0 Å². The molecule has 4 heteroatoms. The number of hydrogen-bond acceptors (Lipinski definition) is 2. The quantitative estimate of drug-likeness (QED) is 0.886. The van der Waals surface area contributed by atoms with Crippen molar-refractivity contribution in [3.05, 3.63) is 53.1 Å². The Labute approximate surface area is 100 Å². The largest absolute Gasteiger partial charge is 0.336 e. The van der Waals surface area contributed by atoms with E-state index in [1.165, 1.54) is 0 Å². The SMILES string of the molecule is CNC(c1cccc(Cl)c1)c1nccn1C. The first-order chi connectivity index (χ1) is 7.72. The molecule has 84 valence electrons. The van der Waals surface area contributed by atoms with E-state index in [1.807, 2.05) is 49.1 Å². The summed E-state index contributed by atoms with van der Waals surface area (Å²) in [6, 6.07) is 7.89. The molecule has 0 spiro atoms. The van der Waals surface area contributed by atoms with Crippen LogP contribution >= 0.6 is 11.6 Å². The third-order valence-corrected chi connectivity index (χ3v) is 2.82. The summed E-state index contributed by atoms with van der Waals surface area (Å²) in [6.07, 6.45) is 3.73. The molecule has 1 atom stereocenters. The topological polar surface area (TPSA) is 29.9 Å². The van der Waals surface area contributed by atoms with Gasteiger partial charge in [0.1, 0.15) is 5.82 Å².